The van der Waals surface area contributed by atoms with E-state index in [1.165, 1.54) is 0 Å². The molecule has 0 aliphatic heterocycles. The number of amides is 1. The third-order valence-corrected chi connectivity index (χ3v) is 3.49. The van der Waals surface area contributed by atoms with Gasteiger partial charge in [-0.25, -0.2) is 0 Å². The van der Waals surface area contributed by atoms with E-state index in [0.717, 1.165) is 16.5 Å². The van der Waals surface area contributed by atoms with E-state index in [-0.39, 0.29) is 5.91 Å². The summed E-state index contributed by atoms with van der Waals surface area (Å²) in [6.45, 7) is 3.29. The van der Waals surface area contributed by atoms with Crippen LogP contribution in [-0.2, 0) is 6.54 Å². The van der Waals surface area contributed by atoms with E-state index in [1.54, 1.807) is 18.5 Å². The molecule has 0 aliphatic carbocycles. The van der Waals surface area contributed by atoms with Crippen LogP contribution in [0, 0.1) is 0 Å². The zero-order chi connectivity index (χ0) is 15.2. The maximum Gasteiger partial charge on any atom is 0.255 e. The van der Waals surface area contributed by atoms with E-state index in [0.29, 0.717) is 24.3 Å². The predicted octanol–water partition coefficient (Wildman–Crippen LogP) is 3.48. The molecule has 0 radical (unpaired) electrons. The molecule has 110 valence electrons. The highest BCUT2D eigenvalue weighted by molar-refractivity contribution is 9.10. The topological polar surface area (TPSA) is 59.2 Å². The number of pyridine rings is 1. The molecule has 0 saturated heterocycles. The molecule has 1 heterocycles. The lowest BCUT2D eigenvalue weighted by atomic mass is 10.1. The van der Waals surface area contributed by atoms with Crippen molar-refractivity contribution in [3.63, 3.8) is 0 Å². The van der Waals surface area contributed by atoms with Crippen LogP contribution in [0.15, 0.2) is 47.2 Å². The molecule has 1 aromatic heterocycles. The third kappa shape index (κ3) is 4.29. The number of benzene rings is 1. The van der Waals surface area contributed by atoms with Gasteiger partial charge in [0.2, 0.25) is 0 Å². The van der Waals surface area contributed by atoms with Crippen molar-refractivity contribution >= 4 is 27.5 Å². The molecule has 5 heteroatoms. The number of carbonyl (C=O) groups excluding carboxylic acids is 1. The fourth-order valence-corrected chi connectivity index (χ4v) is 2.51. The summed E-state index contributed by atoms with van der Waals surface area (Å²) in [5.74, 6) is -0.0203. The molecular formula is C16H18BrN3O. The Labute approximate surface area is 133 Å². The van der Waals surface area contributed by atoms with E-state index in [1.807, 2.05) is 29.2 Å². The van der Waals surface area contributed by atoms with Gasteiger partial charge < -0.3 is 10.6 Å². The SMILES string of the molecule is CCCN(Cc1cccc(N)c1)C(=O)c1cncc(Br)c1. The summed E-state index contributed by atoms with van der Waals surface area (Å²) in [5.41, 5.74) is 8.12. The highest BCUT2D eigenvalue weighted by Gasteiger charge is 2.16. The summed E-state index contributed by atoms with van der Waals surface area (Å²) in [4.78, 5) is 18.5. The molecule has 0 aliphatic rings. The van der Waals surface area contributed by atoms with Gasteiger partial charge in [-0.15, -0.1) is 0 Å². The van der Waals surface area contributed by atoms with Crippen LogP contribution in [0.25, 0.3) is 0 Å². The van der Waals surface area contributed by atoms with Crippen LogP contribution < -0.4 is 5.73 Å². The van der Waals surface area contributed by atoms with Gasteiger partial charge in [0.15, 0.2) is 0 Å². The van der Waals surface area contributed by atoms with Crippen molar-refractivity contribution < 1.29 is 4.79 Å². The Hall–Kier alpha value is -1.88. The second-order valence-corrected chi connectivity index (χ2v) is 5.78. The van der Waals surface area contributed by atoms with Crippen LogP contribution in [0.2, 0.25) is 0 Å². The molecular weight excluding hydrogens is 330 g/mol. The minimum absolute atomic E-state index is 0.0203. The zero-order valence-electron chi connectivity index (χ0n) is 11.9. The molecule has 2 N–H and O–H groups in total. The van der Waals surface area contributed by atoms with Crippen LogP contribution in [0.1, 0.15) is 29.3 Å². The lowest BCUT2D eigenvalue weighted by Crippen LogP contribution is -2.31. The minimum atomic E-state index is -0.0203. The Morgan fingerprint density at radius 3 is 2.81 bits per heavy atom. The van der Waals surface area contributed by atoms with Crippen molar-refractivity contribution in [2.24, 2.45) is 0 Å². The molecule has 0 atom stereocenters. The van der Waals surface area contributed by atoms with Crippen molar-refractivity contribution in [3.8, 4) is 0 Å². The molecule has 0 spiro atoms. The lowest BCUT2D eigenvalue weighted by Gasteiger charge is -2.22. The van der Waals surface area contributed by atoms with Crippen molar-refractivity contribution in [1.29, 1.82) is 0 Å². The van der Waals surface area contributed by atoms with Crippen LogP contribution in [-0.4, -0.2) is 22.3 Å². The molecule has 21 heavy (non-hydrogen) atoms. The molecule has 0 unspecified atom stereocenters. The smallest absolute Gasteiger partial charge is 0.255 e. The highest BCUT2D eigenvalue weighted by atomic mass is 79.9. The number of rotatable bonds is 5. The fraction of sp³-hybridized carbons (Fsp3) is 0.250. The van der Waals surface area contributed by atoms with E-state index >= 15 is 0 Å². The van der Waals surface area contributed by atoms with E-state index in [2.05, 4.69) is 27.8 Å². The molecule has 1 aromatic carbocycles. The first-order valence-corrected chi connectivity index (χ1v) is 7.63. The van der Waals surface area contributed by atoms with Crippen LogP contribution in [0.3, 0.4) is 0 Å². The van der Waals surface area contributed by atoms with Gasteiger partial charge in [0, 0.05) is 35.6 Å². The zero-order valence-corrected chi connectivity index (χ0v) is 13.5. The number of aromatic nitrogens is 1. The average molecular weight is 348 g/mol. The number of nitrogens with two attached hydrogens (primary N) is 1. The molecule has 1 amide bonds. The largest absolute Gasteiger partial charge is 0.399 e. The van der Waals surface area contributed by atoms with Crippen molar-refractivity contribution in [3.05, 3.63) is 58.3 Å². The Balaban J connectivity index is 2.20. The maximum atomic E-state index is 12.6. The van der Waals surface area contributed by atoms with Gasteiger partial charge in [0.1, 0.15) is 0 Å². The number of nitrogen functional groups attached to an aromatic ring is 1. The van der Waals surface area contributed by atoms with Crippen LogP contribution in [0.4, 0.5) is 5.69 Å². The lowest BCUT2D eigenvalue weighted by molar-refractivity contribution is 0.0742. The second-order valence-electron chi connectivity index (χ2n) is 4.86. The van der Waals surface area contributed by atoms with Gasteiger partial charge >= 0.3 is 0 Å². The number of anilines is 1. The molecule has 0 fully saturated rings. The van der Waals surface area contributed by atoms with E-state index < -0.39 is 0 Å². The summed E-state index contributed by atoms with van der Waals surface area (Å²) in [6.07, 6.45) is 4.16. The highest BCUT2D eigenvalue weighted by Crippen LogP contribution is 2.15. The second kappa shape index (κ2) is 7.22. The summed E-state index contributed by atoms with van der Waals surface area (Å²) in [6, 6.07) is 9.41. The first-order valence-electron chi connectivity index (χ1n) is 6.84. The van der Waals surface area contributed by atoms with E-state index in [9.17, 15) is 4.79 Å². The monoisotopic (exact) mass is 347 g/mol. The standard InChI is InChI=1S/C16H18BrN3O/c1-2-6-20(11-12-4-3-5-15(18)7-12)16(21)13-8-14(17)10-19-9-13/h3-5,7-10H,2,6,11,18H2,1H3. The average Bonchev–Trinajstić information content (AvgIpc) is 2.46. The van der Waals surface area contributed by atoms with Crippen molar-refractivity contribution in [2.45, 2.75) is 19.9 Å². The van der Waals surface area contributed by atoms with Crippen molar-refractivity contribution in [2.75, 3.05) is 12.3 Å². The minimum Gasteiger partial charge on any atom is -0.399 e. The maximum absolute atomic E-state index is 12.6. The first-order chi connectivity index (χ1) is 10.1. The quantitative estimate of drug-likeness (QED) is 0.842. The van der Waals surface area contributed by atoms with Gasteiger partial charge in [-0.05, 0) is 46.1 Å². The Morgan fingerprint density at radius 1 is 1.33 bits per heavy atom. The molecule has 0 saturated carbocycles. The fourth-order valence-electron chi connectivity index (χ4n) is 2.15. The van der Waals surface area contributed by atoms with E-state index in [4.69, 9.17) is 5.73 Å². The summed E-state index contributed by atoms with van der Waals surface area (Å²) >= 11 is 3.35. The van der Waals surface area contributed by atoms with Gasteiger partial charge in [-0.3, -0.25) is 9.78 Å². The summed E-state index contributed by atoms with van der Waals surface area (Å²) < 4.78 is 0.800. The predicted molar refractivity (Wildman–Crippen MR) is 87.8 cm³/mol. The Bertz CT molecular complexity index is 630. The third-order valence-electron chi connectivity index (χ3n) is 3.06. The normalized spacial score (nSPS) is 10.4. The van der Waals surface area contributed by atoms with Crippen LogP contribution in [0.5, 0.6) is 0 Å². The molecule has 0 bridgehead atoms. The van der Waals surface area contributed by atoms with Gasteiger partial charge in [-0.1, -0.05) is 19.1 Å². The number of nitrogens with zero attached hydrogens (tertiary/aromatic N) is 2. The number of hydrogen-bond donors (Lipinski definition) is 1. The van der Waals surface area contributed by atoms with Gasteiger partial charge in [0.25, 0.3) is 5.91 Å². The molecule has 2 aromatic rings. The Kier molecular flexibility index (Phi) is 5.33. The number of halogens is 1. The summed E-state index contributed by atoms with van der Waals surface area (Å²) in [5, 5.41) is 0. The molecule has 4 nitrogen and oxygen atoms in total. The first kappa shape index (κ1) is 15.5. The number of hydrogen-bond acceptors (Lipinski definition) is 3. The van der Waals surface area contributed by atoms with Crippen LogP contribution >= 0.6 is 15.9 Å². The van der Waals surface area contributed by atoms with Gasteiger partial charge in [0.05, 0.1) is 5.56 Å². The molecule has 2 rings (SSSR count). The van der Waals surface area contributed by atoms with Gasteiger partial charge in [-0.2, -0.15) is 0 Å². The number of carbonyl (C=O) groups is 1. The van der Waals surface area contributed by atoms with Crippen molar-refractivity contribution in [1.82, 2.24) is 9.88 Å². The summed E-state index contributed by atoms with van der Waals surface area (Å²) in [7, 11) is 0. The Morgan fingerprint density at radius 2 is 2.14 bits per heavy atom.